The molecule has 2 amide bonds. The Labute approximate surface area is 102 Å². The van der Waals surface area contributed by atoms with Crippen molar-refractivity contribution in [1.29, 1.82) is 0 Å². The predicted molar refractivity (Wildman–Crippen MR) is 63.6 cm³/mol. The maximum atomic E-state index is 12.0. The number of ether oxygens (including phenoxy) is 1. The predicted octanol–water partition coefficient (Wildman–Crippen LogP) is -0.201. The fourth-order valence-electron chi connectivity index (χ4n) is 2.01. The Bertz CT molecular complexity index is 283. The van der Waals surface area contributed by atoms with Crippen molar-refractivity contribution in [2.75, 3.05) is 33.8 Å². The lowest BCUT2D eigenvalue weighted by molar-refractivity contribution is -0.133. The zero-order valence-electron chi connectivity index (χ0n) is 10.7. The highest BCUT2D eigenvalue weighted by Gasteiger charge is 2.29. The molecule has 0 radical (unpaired) electrons. The van der Waals surface area contributed by atoms with E-state index >= 15 is 0 Å². The normalized spacial score (nSPS) is 21.1. The van der Waals surface area contributed by atoms with Gasteiger partial charge in [0.25, 0.3) is 0 Å². The summed E-state index contributed by atoms with van der Waals surface area (Å²) in [5.74, 6) is 0.102. The Morgan fingerprint density at radius 3 is 2.82 bits per heavy atom. The molecule has 2 unspecified atom stereocenters. The lowest BCUT2D eigenvalue weighted by Gasteiger charge is -2.20. The van der Waals surface area contributed by atoms with Crippen molar-refractivity contribution in [1.82, 2.24) is 15.5 Å². The molecule has 1 rings (SSSR count). The molecule has 6 nitrogen and oxygen atoms in total. The standard InChI is InChI=1S/C11H21N3O3/c1-8(6-12-2)10(15)14-5-4-9(7-14)13-11(16)17-3/h8-9,12H,4-7H2,1-3H3,(H,13,16). The molecule has 0 aromatic rings. The molecular weight excluding hydrogens is 222 g/mol. The van der Waals surface area contributed by atoms with E-state index in [0.29, 0.717) is 19.6 Å². The first-order chi connectivity index (χ1) is 8.08. The van der Waals surface area contributed by atoms with Crippen LogP contribution in [0.3, 0.4) is 0 Å². The number of nitrogens with one attached hydrogen (secondary N) is 2. The molecule has 0 aliphatic carbocycles. The average Bonchev–Trinajstić information content (AvgIpc) is 2.76. The van der Waals surface area contributed by atoms with E-state index in [4.69, 9.17) is 0 Å². The van der Waals surface area contributed by atoms with Crippen molar-refractivity contribution in [3.63, 3.8) is 0 Å². The third-order valence-electron chi connectivity index (χ3n) is 2.94. The quantitative estimate of drug-likeness (QED) is 0.717. The number of rotatable bonds is 4. The number of likely N-dealkylation sites (tertiary alicyclic amines) is 1. The minimum absolute atomic E-state index is 0.00758. The monoisotopic (exact) mass is 243 g/mol. The fourth-order valence-corrected chi connectivity index (χ4v) is 2.01. The Morgan fingerprint density at radius 1 is 1.53 bits per heavy atom. The highest BCUT2D eigenvalue weighted by molar-refractivity contribution is 5.79. The summed E-state index contributed by atoms with van der Waals surface area (Å²) in [5, 5.41) is 5.70. The molecule has 1 aliphatic heterocycles. The Morgan fingerprint density at radius 2 is 2.24 bits per heavy atom. The second kappa shape index (κ2) is 6.44. The van der Waals surface area contributed by atoms with Crippen molar-refractivity contribution in [3.05, 3.63) is 0 Å². The molecule has 0 saturated carbocycles. The van der Waals surface area contributed by atoms with Gasteiger partial charge in [0, 0.05) is 25.6 Å². The lowest BCUT2D eigenvalue weighted by atomic mass is 10.1. The van der Waals surface area contributed by atoms with E-state index in [1.54, 1.807) is 4.90 Å². The summed E-state index contributed by atoms with van der Waals surface area (Å²) in [6, 6.07) is 0.00758. The summed E-state index contributed by atoms with van der Waals surface area (Å²) in [7, 11) is 3.16. The van der Waals surface area contributed by atoms with Gasteiger partial charge in [-0.15, -0.1) is 0 Å². The van der Waals surface area contributed by atoms with Gasteiger partial charge in [-0.1, -0.05) is 6.92 Å². The average molecular weight is 243 g/mol. The number of hydrogen-bond donors (Lipinski definition) is 2. The fraction of sp³-hybridized carbons (Fsp3) is 0.818. The molecule has 2 N–H and O–H groups in total. The van der Waals surface area contributed by atoms with Crippen molar-refractivity contribution in [2.24, 2.45) is 5.92 Å². The molecule has 1 heterocycles. The first kappa shape index (κ1) is 13.8. The summed E-state index contributed by atoms with van der Waals surface area (Å²) in [5.41, 5.74) is 0. The van der Waals surface area contributed by atoms with E-state index in [2.05, 4.69) is 15.4 Å². The summed E-state index contributed by atoms with van der Waals surface area (Å²) >= 11 is 0. The van der Waals surface area contributed by atoms with Crippen molar-refractivity contribution in [2.45, 2.75) is 19.4 Å². The van der Waals surface area contributed by atoms with Crippen LogP contribution in [0.1, 0.15) is 13.3 Å². The molecule has 0 spiro atoms. The maximum absolute atomic E-state index is 12.0. The first-order valence-electron chi connectivity index (χ1n) is 5.86. The zero-order valence-corrected chi connectivity index (χ0v) is 10.7. The molecule has 1 aliphatic rings. The number of alkyl carbamates (subject to hydrolysis) is 1. The highest BCUT2D eigenvalue weighted by atomic mass is 16.5. The summed E-state index contributed by atoms with van der Waals surface area (Å²) < 4.78 is 4.53. The van der Waals surface area contributed by atoms with Crippen LogP contribution in [0, 0.1) is 5.92 Å². The van der Waals surface area contributed by atoms with Crippen LogP contribution in [0.15, 0.2) is 0 Å². The summed E-state index contributed by atoms with van der Waals surface area (Å²) in [4.78, 5) is 24.8. The van der Waals surface area contributed by atoms with Gasteiger partial charge in [0.1, 0.15) is 0 Å². The highest BCUT2D eigenvalue weighted by Crippen LogP contribution is 2.12. The van der Waals surface area contributed by atoms with Crippen molar-refractivity contribution >= 4 is 12.0 Å². The number of nitrogens with zero attached hydrogens (tertiary/aromatic N) is 1. The van der Waals surface area contributed by atoms with Gasteiger partial charge in [0.2, 0.25) is 5.91 Å². The van der Waals surface area contributed by atoms with Crippen LogP contribution in [0.25, 0.3) is 0 Å². The zero-order chi connectivity index (χ0) is 12.8. The smallest absolute Gasteiger partial charge is 0.407 e. The van der Waals surface area contributed by atoms with Crippen LogP contribution in [0.5, 0.6) is 0 Å². The van der Waals surface area contributed by atoms with Gasteiger partial charge < -0.3 is 20.3 Å². The number of carbonyl (C=O) groups is 2. The van der Waals surface area contributed by atoms with Crippen LogP contribution in [-0.2, 0) is 9.53 Å². The topological polar surface area (TPSA) is 70.7 Å². The van der Waals surface area contributed by atoms with Crippen LogP contribution in [-0.4, -0.2) is 56.7 Å². The molecule has 17 heavy (non-hydrogen) atoms. The van der Waals surface area contributed by atoms with Crippen LogP contribution in [0.2, 0.25) is 0 Å². The van der Waals surface area contributed by atoms with E-state index in [1.807, 2.05) is 14.0 Å². The van der Waals surface area contributed by atoms with E-state index in [-0.39, 0.29) is 17.9 Å². The van der Waals surface area contributed by atoms with E-state index < -0.39 is 6.09 Å². The van der Waals surface area contributed by atoms with Crippen LogP contribution < -0.4 is 10.6 Å². The third-order valence-corrected chi connectivity index (χ3v) is 2.94. The number of methoxy groups -OCH3 is 1. The number of hydrogen-bond acceptors (Lipinski definition) is 4. The summed E-state index contributed by atoms with van der Waals surface area (Å²) in [6.07, 6.45) is 0.347. The van der Waals surface area contributed by atoms with Gasteiger partial charge in [-0.25, -0.2) is 4.79 Å². The molecule has 1 fully saturated rings. The largest absolute Gasteiger partial charge is 0.453 e. The molecule has 98 valence electrons. The van der Waals surface area contributed by atoms with Crippen molar-refractivity contribution in [3.8, 4) is 0 Å². The maximum Gasteiger partial charge on any atom is 0.407 e. The summed E-state index contributed by atoms with van der Waals surface area (Å²) in [6.45, 7) is 3.84. The van der Waals surface area contributed by atoms with Gasteiger partial charge in [0.05, 0.1) is 13.2 Å². The van der Waals surface area contributed by atoms with E-state index in [1.165, 1.54) is 7.11 Å². The number of carbonyl (C=O) groups excluding carboxylic acids is 2. The SMILES string of the molecule is CNCC(C)C(=O)N1CCC(NC(=O)OC)C1. The second-order valence-electron chi connectivity index (χ2n) is 4.36. The second-order valence-corrected chi connectivity index (χ2v) is 4.36. The Hall–Kier alpha value is -1.30. The van der Waals surface area contributed by atoms with Gasteiger partial charge in [-0.3, -0.25) is 4.79 Å². The minimum Gasteiger partial charge on any atom is -0.453 e. The van der Waals surface area contributed by atoms with Crippen LogP contribution in [0.4, 0.5) is 4.79 Å². The number of amides is 2. The Balaban J connectivity index is 2.39. The Kier molecular flexibility index (Phi) is 5.21. The van der Waals surface area contributed by atoms with Gasteiger partial charge in [0.15, 0.2) is 0 Å². The first-order valence-corrected chi connectivity index (χ1v) is 5.86. The van der Waals surface area contributed by atoms with E-state index in [0.717, 1.165) is 6.42 Å². The van der Waals surface area contributed by atoms with E-state index in [9.17, 15) is 9.59 Å². The van der Waals surface area contributed by atoms with Crippen molar-refractivity contribution < 1.29 is 14.3 Å². The van der Waals surface area contributed by atoms with Gasteiger partial charge in [-0.05, 0) is 13.5 Å². The molecule has 2 atom stereocenters. The molecule has 6 heteroatoms. The van der Waals surface area contributed by atoms with Gasteiger partial charge in [-0.2, -0.15) is 0 Å². The third kappa shape index (κ3) is 3.89. The molecule has 1 saturated heterocycles. The molecular formula is C11H21N3O3. The molecule has 0 aromatic heterocycles. The molecule has 0 bridgehead atoms. The minimum atomic E-state index is -0.437. The molecule has 0 aromatic carbocycles. The lowest BCUT2D eigenvalue weighted by Crippen LogP contribution is -2.41. The van der Waals surface area contributed by atoms with Crippen LogP contribution >= 0.6 is 0 Å². The van der Waals surface area contributed by atoms with Gasteiger partial charge >= 0.3 is 6.09 Å².